The van der Waals surface area contributed by atoms with Crippen LogP contribution in [0.5, 0.6) is 0 Å². The van der Waals surface area contributed by atoms with Crippen molar-refractivity contribution in [3.05, 3.63) is 41.9 Å². The summed E-state index contributed by atoms with van der Waals surface area (Å²) in [6.45, 7) is 7.39. The predicted molar refractivity (Wildman–Crippen MR) is 175 cm³/mol. The summed E-state index contributed by atoms with van der Waals surface area (Å²) in [5.74, 6) is -0.434. The van der Waals surface area contributed by atoms with Crippen molar-refractivity contribution < 1.29 is 42.4 Å². The van der Waals surface area contributed by atoms with E-state index < -0.39 is 23.6 Å². The molecular weight excluding hydrogens is 641 g/mol. The van der Waals surface area contributed by atoms with Gasteiger partial charge in [0.05, 0.1) is 94.6 Å². The van der Waals surface area contributed by atoms with Gasteiger partial charge in [-0.1, -0.05) is 0 Å². The number of pyridine rings is 2. The van der Waals surface area contributed by atoms with Gasteiger partial charge >= 0.3 is 5.97 Å². The van der Waals surface area contributed by atoms with Gasteiger partial charge in [0.15, 0.2) is 11.5 Å². The van der Waals surface area contributed by atoms with Gasteiger partial charge in [-0.25, -0.2) is 19.2 Å². The minimum Gasteiger partial charge on any atom is -0.464 e. The molecule has 0 bridgehead atoms. The number of nitrogens with zero attached hydrogens (tertiary/aromatic N) is 5. The predicted octanol–water partition coefficient (Wildman–Crippen LogP) is 2.75. The zero-order valence-electron chi connectivity index (χ0n) is 28.1. The average Bonchev–Trinajstić information content (AvgIpc) is 3.81. The van der Waals surface area contributed by atoms with Crippen LogP contribution < -0.4 is 10.6 Å². The fourth-order valence-corrected chi connectivity index (χ4v) is 4.45. The summed E-state index contributed by atoms with van der Waals surface area (Å²) in [5.41, 5.74) is 0.600. The maximum Gasteiger partial charge on any atom is 0.332 e. The van der Waals surface area contributed by atoms with E-state index in [0.29, 0.717) is 67.7 Å². The van der Waals surface area contributed by atoms with Gasteiger partial charge < -0.3 is 39.1 Å². The maximum absolute atomic E-state index is 15.2. The maximum atomic E-state index is 15.2. The Balaban J connectivity index is 1.13. The van der Waals surface area contributed by atoms with E-state index in [1.807, 2.05) is 0 Å². The molecule has 0 aromatic carbocycles. The highest BCUT2D eigenvalue weighted by Crippen LogP contribution is 2.28. The molecule has 0 saturated heterocycles. The zero-order valence-corrected chi connectivity index (χ0v) is 28.1. The second-order valence-corrected chi connectivity index (χ2v) is 11.6. The first-order chi connectivity index (χ1) is 23.7. The van der Waals surface area contributed by atoms with E-state index in [2.05, 4.69) is 31.8 Å². The SMILES string of the molecule is CCOC(=O)COCCOCCOCCOCCOC(C)(C)C(F)CNC(=O)c1cnc(-n2ncc3cc(C#N)cnc32)cc1NC1CC1. The van der Waals surface area contributed by atoms with E-state index in [0.717, 1.165) is 12.8 Å². The number of carbonyl (C=O) groups excluding carboxylic acids is 2. The zero-order chi connectivity index (χ0) is 35.1. The quantitative estimate of drug-likeness (QED) is 0.110. The number of nitriles is 1. The van der Waals surface area contributed by atoms with Crippen molar-refractivity contribution in [2.45, 2.75) is 51.4 Å². The van der Waals surface area contributed by atoms with Crippen LogP contribution in [-0.4, -0.2) is 122 Å². The smallest absolute Gasteiger partial charge is 0.332 e. The van der Waals surface area contributed by atoms with Crippen molar-refractivity contribution in [1.29, 1.82) is 5.26 Å². The van der Waals surface area contributed by atoms with Gasteiger partial charge in [-0.2, -0.15) is 15.0 Å². The molecule has 1 fully saturated rings. The van der Waals surface area contributed by atoms with E-state index in [-0.39, 0.29) is 44.6 Å². The number of halogens is 1. The summed E-state index contributed by atoms with van der Waals surface area (Å²) < 4.78 is 48.7. The molecule has 16 heteroatoms. The highest BCUT2D eigenvalue weighted by molar-refractivity contribution is 5.99. The standard InChI is InChI=1S/C33H44FN7O8/c1-4-48-30(42)22-47-12-11-45-8-7-44-9-10-46-13-14-49-33(2,3)28(34)21-38-32(43)26-20-36-29(16-27(26)40-25-5-6-25)41-31-24(19-39-41)15-23(17-35)18-37-31/h15-16,18-20,25,28H,4-14,21-22H2,1-3H3,(H,36,40)(H,38,43). The first-order valence-electron chi connectivity index (χ1n) is 16.3. The molecule has 1 aliphatic carbocycles. The summed E-state index contributed by atoms with van der Waals surface area (Å²) in [6.07, 6.45) is 4.95. The number of amides is 1. The molecule has 1 unspecified atom stereocenters. The molecule has 1 atom stereocenters. The number of aromatic nitrogens is 4. The van der Waals surface area contributed by atoms with Gasteiger partial charge in [0, 0.05) is 29.9 Å². The highest BCUT2D eigenvalue weighted by atomic mass is 19.1. The fourth-order valence-electron chi connectivity index (χ4n) is 4.45. The molecule has 15 nitrogen and oxygen atoms in total. The van der Waals surface area contributed by atoms with Gasteiger partial charge in [0.1, 0.15) is 18.8 Å². The van der Waals surface area contributed by atoms with Crippen LogP contribution >= 0.6 is 0 Å². The van der Waals surface area contributed by atoms with Crippen LogP contribution in [-0.2, 0) is 33.2 Å². The number of hydrogen-bond acceptors (Lipinski definition) is 13. The molecule has 1 amide bonds. The molecule has 0 radical (unpaired) electrons. The van der Waals surface area contributed by atoms with Gasteiger partial charge in [0.25, 0.3) is 5.91 Å². The van der Waals surface area contributed by atoms with E-state index in [1.54, 1.807) is 39.1 Å². The largest absolute Gasteiger partial charge is 0.464 e. The number of alkyl halides is 1. The minimum absolute atomic E-state index is 0.0976. The highest BCUT2D eigenvalue weighted by Gasteiger charge is 2.31. The van der Waals surface area contributed by atoms with Crippen LogP contribution in [0.15, 0.2) is 30.7 Å². The molecule has 4 rings (SSSR count). The Kier molecular flexibility index (Phi) is 14.6. The first kappa shape index (κ1) is 37.5. The number of esters is 1. The molecule has 266 valence electrons. The molecular formula is C33H44FN7O8. The van der Waals surface area contributed by atoms with Gasteiger partial charge in [-0.15, -0.1) is 0 Å². The molecule has 1 saturated carbocycles. The van der Waals surface area contributed by atoms with Crippen molar-refractivity contribution in [1.82, 2.24) is 25.1 Å². The second kappa shape index (κ2) is 19.1. The number of anilines is 1. The summed E-state index contributed by atoms with van der Waals surface area (Å²) >= 11 is 0. The average molecular weight is 686 g/mol. The number of hydrogen-bond donors (Lipinski definition) is 2. The van der Waals surface area contributed by atoms with E-state index in [1.165, 1.54) is 17.1 Å². The topological polar surface area (TPSA) is 181 Å². The fraction of sp³-hybridized carbons (Fsp3) is 0.576. The molecule has 3 aromatic rings. The van der Waals surface area contributed by atoms with Crippen LogP contribution in [0.25, 0.3) is 16.9 Å². The lowest BCUT2D eigenvalue weighted by Crippen LogP contribution is -2.44. The third-order valence-electron chi connectivity index (χ3n) is 7.36. The van der Waals surface area contributed by atoms with Crippen molar-refractivity contribution >= 4 is 28.6 Å². The van der Waals surface area contributed by atoms with Crippen LogP contribution in [0.2, 0.25) is 0 Å². The molecule has 1 aliphatic rings. The van der Waals surface area contributed by atoms with Crippen molar-refractivity contribution in [3.63, 3.8) is 0 Å². The number of nitrogens with one attached hydrogen (secondary N) is 2. The summed E-state index contributed by atoms with van der Waals surface area (Å²) in [7, 11) is 0. The van der Waals surface area contributed by atoms with E-state index in [4.69, 9.17) is 33.7 Å². The lowest BCUT2D eigenvalue weighted by atomic mass is 10.0. The monoisotopic (exact) mass is 685 g/mol. The Labute approximate surface area is 284 Å². The molecule has 0 spiro atoms. The first-order valence-corrected chi connectivity index (χ1v) is 16.3. The molecule has 3 heterocycles. The van der Waals surface area contributed by atoms with Crippen LogP contribution in [0.1, 0.15) is 49.5 Å². The third kappa shape index (κ3) is 12.0. The number of ether oxygens (including phenoxy) is 6. The van der Waals surface area contributed by atoms with Crippen LogP contribution in [0.3, 0.4) is 0 Å². The van der Waals surface area contributed by atoms with Gasteiger partial charge in [-0.05, 0) is 39.7 Å². The summed E-state index contributed by atoms with van der Waals surface area (Å²) in [4.78, 5) is 33.1. The van der Waals surface area contributed by atoms with Crippen molar-refractivity contribution in [3.8, 4) is 11.9 Å². The summed E-state index contributed by atoms with van der Waals surface area (Å²) in [5, 5.41) is 20.2. The summed E-state index contributed by atoms with van der Waals surface area (Å²) in [6, 6.07) is 5.70. The molecule has 2 N–H and O–H groups in total. The Morgan fingerprint density at radius 1 is 1.00 bits per heavy atom. The van der Waals surface area contributed by atoms with E-state index >= 15 is 4.39 Å². The van der Waals surface area contributed by atoms with Crippen LogP contribution in [0.4, 0.5) is 10.1 Å². The van der Waals surface area contributed by atoms with Gasteiger partial charge in [0.2, 0.25) is 0 Å². The van der Waals surface area contributed by atoms with Crippen LogP contribution in [0, 0.1) is 11.3 Å². The number of rotatable bonds is 23. The number of fused-ring (bicyclic) bond motifs is 1. The van der Waals surface area contributed by atoms with E-state index in [9.17, 15) is 9.59 Å². The Hall–Kier alpha value is -4.27. The molecule has 3 aromatic heterocycles. The number of carbonyl (C=O) groups is 2. The second-order valence-electron chi connectivity index (χ2n) is 11.6. The normalized spacial score (nSPS) is 13.6. The Morgan fingerprint density at radius 2 is 1.67 bits per heavy atom. The van der Waals surface area contributed by atoms with Gasteiger partial charge in [-0.3, -0.25) is 4.79 Å². The lowest BCUT2D eigenvalue weighted by Gasteiger charge is -2.29. The minimum atomic E-state index is -1.50. The third-order valence-corrected chi connectivity index (χ3v) is 7.36. The lowest BCUT2D eigenvalue weighted by molar-refractivity contribution is -0.149. The molecule has 49 heavy (non-hydrogen) atoms. The Morgan fingerprint density at radius 3 is 2.33 bits per heavy atom. The molecule has 0 aliphatic heterocycles. The van der Waals surface area contributed by atoms with Crippen molar-refractivity contribution in [2.75, 3.05) is 77.9 Å². The Bertz CT molecular complexity index is 1560. The van der Waals surface area contributed by atoms with Crippen molar-refractivity contribution in [2.24, 2.45) is 0 Å².